The summed E-state index contributed by atoms with van der Waals surface area (Å²) in [5, 5.41) is 3.61. The summed E-state index contributed by atoms with van der Waals surface area (Å²) in [6.07, 6.45) is 0. The fraction of sp³-hybridized carbons (Fsp3) is 0.200. The molecule has 0 atom stereocenters. The number of rotatable bonds is 6. The van der Waals surface area contributed by atoms with E-state index < -0.39 is 5.97 Å². The minimum absolute atomic E-state index is 0.284. The van der Waals surface area contributed by atoms with E-state index in [0.717, 1.165) is 10.1 Å². The van der Waals surface area contributed by atoms with Gasteiger partial charge in [0.2, 0.25) is 0 Å². The van der Waals surface area contributed by atoms with E-state index in [1.807, 2.05) is 13.0 Å². The van der Waals surface area contributed by atoms with Crippen LogP contribution in [0.1, 0.15) is 27.0 Å². The predicted octanol–water partition coefficient (Wildman–Crippen LogP) is 4.35. The summed E-state index contributed by atoms with van der Waals surface area (Å²) in [7, 11) is 2.85. The second-order valence-electron chi connectivity index (χ2n) is 5.55. The van der Waals surface area contributed by atoms with Crippen molar-refractivity contribution in [3.63, 3.8) is 0 Å². The van der Waals surface area contributed by atoms with Crippen LogP contribution in [-0.4, -0.2) is 32.7 Å². The zero-order valence-corrected chi connectivity index (χ0v) is 16.0. The molecule has 0 aliphatic carbocycles. The van der Waals surface area contributed by atoms with Crippen LogP contribution in [0.3, 0.4) is 0 Å². The number of carbonyl (C=O) groups excluding carboxylic acids is 2. The fourth-order valence-electron chi connectivity index (χ4n) is 2.70. The number of carbonyl (C=O) groups is 2. The molecular formula is C20H19NO5S. The Morgan fingerprint density at radius 3 is 2.59 bits per heavy atom. The zero-order chi connectivity index (χ0) is 19.4. The third-order valence-corrected chi connectivity index (χ3v) is 5.04. The Morgan fingerprint density at radius 1 is 1.11 bits per heavy atom. The van der Waals surface area contributed by atoms with Crippen LogP contribution in [0.5, 0.6) is 11.5 Å². The van der Waals surface area contributed by atoms with E-state index in [4.69, 9.17) is 14.2 Å². The van der Waals surface area contributed by atoms with Gasteiger partial charge >= 0.3 is 5.97 Å². The van der Waals surface area contributed by atoms with E-state index in [-0.39, 0.29) is 5.91 Å². The molecule has 6 nitrogen and oxygen atoms in total. The Kier molecular flexibility index (Phi) is 5.61. The van der Waals surface area contributed by atoms with Crippen molar-refractivity contribution in [1.29, 1.82) is 0 Å². The lowest BCUT2D eigenvalue weighted by Gasteiger charge is -2.10. The lowest BCUT2D eigenvalue weighted by molar-refractivity contribution is 0.0602. The van der Waals surface area contributed by atoms with Gasteiger partial charge in [0.05, 0.1) is 26.4 Å². The third kappa shape index (κ3) is 3.73. The van der Waals surface area contributed by atoms with Gasteiger partial charge < -0.3 is 19.5 Å². The van der Waals surface area contributed by atoms with Gasteiger partial charge in [0.1, 0.15) is 5.75 Å². The van der Waals surface area contributed by atoms with Crippen LogP contribution in [0.25, 0.3) is 10.1 Å². The Balaban J connectivity index is 1.97. The van der Waals surface area contributed by atoms with Crippen molar-refractivity contribution in [3.8, 4) is 11.5 Å². The highest BCUT2D eigenvalue weighted by molar-refractivity contribution is 7.21. The first-order chi connectivity index (χ1) is 13.1. The van der Waals surface area contributed by atoms with E-state index in [9.17, 15) is 9.59 Å². The van der Waals surface area contributed by atoms with Gasteiger partial charge in [-0.2, -0.15) is 0 Å². The maximum absolute atomic E-state index is 12.6. The lowest BCUT2D eigenvalue weighted by atomic mass is 10.1. The summed E-state index contributed by atoms with van der Waals surface area (Å²) < 4.78 is 16.6. The van der Waals surface area contributed by atoms with Gasteiger partial charge in [0, 0.05) is 15.8 Å². The largest absolute Gasteiger partial charge is 0.496 e. The number of para-hydroxylation sites is 1. The Labute approximate surface area is 160 Å². The molecule has 0 saturated heterocycles. The van der Waals surface area contributed by atoms with E-state index in [2.05, 4.69) is 5.32 Å². The molecule has 140 valence electrons. The van der Waals surface area contributed by atoms with Crippen molar-refractivity contribution < 1.29 is 23.8 Å². The molecule has 7 heteroatoms. The van der Waals surface area contributed by atoms with Crippen LogP contribution in [0.2, 0.25) is 0 Å². The maximum Gasteiger partial charge on any atom is 0.351 e. The van der Waals surface area contributed by atoms with E-state index >= 15 is 0 Å². The zero-order valence-electron chi connectivity index (χ0n) is 15.2. The van der Waals surface area contributed by atoms with Crippen molar-refractivity contribution in [2.45, 2.75) is 6.92 Å². The van der Waals surface area contributed by atoms with Crippen LogP contribution in [0, 0.1) is 0 Å². The number of esters is 1. The van der Waals surface area contributed by atoms with Crippen molar-refractivity contribution in [2.24, 2.45) is 0 Å². The second-order valence-corrected chi connectivity index (χ2v) is 6.60. The van der Waals surface area contributed by atoms with Gasteiger partial charge in [0.15, 0.2) is 10.6 Å². The normalized spacial score (nSPS) is 10.5. The molecule has 3 rings (SSSR count). The summed E-state index contributed by atoms with van der Waals surface area (Å²) in [4.78, 5) is 25.0. The molecule has 0 radical (unpaired) electrons. The van der Waals surface area contributed by atoms with Gasteiger partial charge in [-0.25, -0.2) is 4.79 Å². The molecule has 1 heterocycles. The van der Waals surface area contributed by atoms with Crippen LogP contribution in [-0.2, 0) is 4.74 Å². The second kappa shape index (κ2) is 8.09. The minimum atomic E-state index is -0.445. The van der Waals surface area contributed by atoms with Gasteiger partial charge in [-0.15, -0.1) is 11.3 Å². The van der Waals surface area contributed by atoms with Crippen molar-refractivity contribution >= 4 is 39.0 Å². The van der Waals surface area contributed by atoms with Crippen LogP contribution in [0.4, 0.5) is 5.69 Å². The quantitative estimate of drug-likeness (QED) is 0.639. The molecule has 0 fully saturated rings. The summed E-state index contributed by atoms with van der Waals surface area (Å²) in [5.74, 6) is 0.236. The molecule has 2 aromatic carbocycles. The average molecular weight is 385 g/mol. The number of ether oxygens (including phenoxy) is 3. The number of benzene rings is 2. The number of amides is 1. The monoisotopic (exact) mass is 385 g/mol. The smallest absolute Gasteiger partial charge is 0.351 e. The first-order valence-electron chi connectivity index (χ1n) is 8.31. The van der Waals surface area contributed by atoms with Gasteiger partial charge in [0.25, 0.3) is 5.91 Å². The average Bonchev–Trinajstić information content (AvgIpc) is 3.05. The Bertz CT molecular complexity index is 995. The predicted molar refractivity (Wildman–Crippen MR) is 105 cm³/mol. The molecule has 0 aliphatic rings. The summed E-state index contributed by atoms with van der Waals surface area (Å²) in [6, 6.07) is 12.4. The van der Waals surface area contributed by atoms with Gasteiger partial charge in [-0.3, -0.25) is 4.79 Å². The number of nitrogens with one attached hydrogen (secondary N) is 1. The first-order valence-corrected chi connectivity index (χ1v) is 9.12. The van der Waals surface area contributed by atoms with E-state index in [1.54, 1.807) is 36.4 Å². The summed E-state index contributed by atoms with van der Waals surface area (Å²) in [6.45, 7) is 2.26. The molecule has 1 amide bonds. The molecule has 0 spiro atoms. The fourth-order valence-corrected chi connectivity index (χ4v) is 3.74. The summed E-state index contributed by atoms with van der Waals surface area (Å²) in [5.41, 5.74) is 1.03. The summed E-state index contributed by atoms with van der Waals surface area (Å²) >= 11 is 1.29. The van der Waals surface area contributed by atoms with E-state index in [1.165, 1.54) is 25.6 Å². The molecule has 1 N–H and O–H groups in total. The van der Waals surface area contributed by atoms with Crippen LogP contribution in [0.15, 0.2) is 42.5 Å². The molecule has 0 aliphatic heterocycles. The Morgan fingerprint density at radius 2 is 1.89 bits per heavy atom. The molecular weight excluding hydrogens is 366 g/mol. The third-order valence-electron chi connectivity index (χ3n) is 3.91. The molecule has 1 aromatic heterocycles. The highest BCUT2D eigenvalue weighted by atomic mass is 32.1. The van der Waals surface area contributed by atoms with Crippen molar-refractivity contribution in [2.75, 3.05) is 26.1 Å². The standard InChI is InChI=1S/C20H19NO5S/c1-4-26-17-14-11-12(9-10-16(14)27-18(17)20(23)25-3)21-19(22)13-7-5-6-8-15(13)24-2/h5-11H,4H2,1-3H3,(H,21,22). The maximum atomic E-state index is 12.6. The van der Waals surface area contributed by atoms with Crippen molar-refractivity contribution in [3.05, 3.63) is 52.9 Å². The molecule has 27 heavy (non-hydrogen) atoms. The van der Waals surface area contributed by atoms with Crippen molar-refractivity contribution in [1.82, 2.24) is 0 Å². The topological polar surface area (TPSA) is 73.9 Å². The van der Waals surface area contributed by atoms with Crippen LogP contribution < -0.4 is 14.8 Å². The minimum Gasteiger partial charge on any atom is -0.496 e. The molecule has 0 saturated carbocycles. The van der Waals surface area contributed by atoms with Gasteiger partial charge in [-0.05, 0) is 37.3 Å². The number of thiophene rings is 1. The SMILES string of the molecule is CCOc1c(C(=O)OC)sc2ccc(NC(=O)c3ccccc3OC)cc12. The molecule has 0 bridgehead atoms. The molecule has 0 unspecified atom stereocenters. The highest BCUT2D eigenvalue weighted by Crippen LogP contribution is 2.39. The van der Waals surface area contributed by atoms with E-state index in [0.29, 0.717) is 34.2 Å². The van der Waals surface area contributed by atoms with Crippen LogP contribution >= 0.6 is 11.3 Å². The van der Waals surface area contributed by atoms with Gasteiger partial charge in [-0.1, -0.05) is 12.1 Å². The Hall–Kier alpha value is -3.06. The molecule has 3 aromatic rings. The number of fused-ring (bicyclic) bond motifs is 1. The number of methoxy groups -OCH3 is 2. The highest BCUT2D eigenvalue weighted by Gasteiger charge is 2.21. The number of hydrogen-bond acceptors (Lipinski definition) is 6. The first kappa shape index (κ1) is 18.7. The lowest BCUT2D eigenvalue weighted by Crippen LogP contribution is -2.13. The number of anilines is 1. The number of hydrogen-bond donors (Lipinski definition) is 1.